The van der Waals surface area contributed by atoms with Crippen molar-refractivity contribution >= 4 is 94.8 Å². The van der Waals surface area contributed by atoms with Gasteiger partial charge in [-0.25, -0.2) is 0 Å². The Labute approximate surface area is 416 Å². The van der Waals surface area contributed by atoms with E-state index in [9.17, 15) is 40.0 Å². The number of hydrogen-bond acceptors (Lipinski definition) is 16. The summed E-state index contributed by atoms with van der Waals surface area (Å²) in [6, 6.07) is 13.1. The zero-order chi connectivity index (χ0) is 48.8. The Kier molecular flexibility index (Phi) is 19.5. The number of fused-ring (bicyclic) bond motifs is 1. The van der Waals surface area contributed by atoms with E-state index in [-0.39, 0.29) is 76.3 Å². The van der Waals surface area contributed by atoms with E-state index in [1.54, 1.807) is 7.11 Å². The first-order valence-corrected chi connectivity index (χ1v) is 22.7. The number of aromatic nitrogens is 2. The molecular formula is C45H44BrCoN10O9S2-. The van der Waals surface area contributed by atoms with E-state index in [1.165, 1.54) is 47.0 Å². The van der Waals surface area contributed by atoms with Crippen molar-refractivity contribution in [2.45, 2.75) is 39.5 Å². The molecule has 1 aliphatic heterocycles. The summed E-state index contributed by atoms with van der Waals surface area (Å²) >= 11 is 5.17. The second-order valence-corrected chi connectivity index (χ2v) is 17.1. The second-order valence-electron chi connectivity index (χ2n) is 14.2. The van der Waals surface area contributed by atoms with Gasteiger partial charge >= 0.3 is 10.0 Å². The fourth-order valence-electron chi connectivity index (χ4n) is 6.66. The van der Waals surface area contributed by atoms with Crippen molar-refractivity contribution < 1.29 is 55.7 Å². The average molecular weight is 1070 g/mol. The molecule has 2 aromatic heterocycles. The maximum atomic E-state index is 10.9. The van der Waals surface area contributed by atoms with Crippen LogP contribution < -0.4 is 29.2 Å². The van der Waals surface area contributed by atoms with Gasteiger partial charge in [0.25, 0.3) is 0 Å². The van der Waals surface area contributed by atoms with Crippen LogP contribution in [-0.2, 0) is 31.8 Å². The molecule has 0 saturated heterocycles. The third-order valence-corrected chi connectivity index (χ3v) is 12.3. The zero-order valence-corrected chi connectivity index (χ0v) is 41.4. The van der Waals surface area contributed by atoms with Crippen LogP contribution in [0.25, 0.3) is 6.08 Å². The third-order valence-electron chi connectivity index (χ3n) is 10.2. The molecule has 3 aliphatic rings. The van der Waals surface area contributed by atoms with Crippen molar-refractivity contribution in [3.8, 4) is 5.75 Å². The summed E-state index contributed by atoms with van der Waals surface area (Å²) in [6.45, 7) is 15.7. The number of thiazole rings is 2. The summed E-state index contributed by atoms with van der Waals surface area (Å²) in [5, 5.41) is 53.9. The minimum absolute atomic E-state index is 0. The molecule has 2 aliphatic carbocycles. The van der Waals surface area contributed by atoms with E-state index in [4.69, 9.17) is 4.74 Å². The Morgan fingerprint density at radius 3 is 1.84 bits per heavy atom. The predicted octanol–water partition coefficient (Wildman–Crippen LogP) is 7.87. The number of nitro groups is 2. The number of methoxy groups -OCH3 is 1. The first-order valence-electron chi connectivity index (χ1n) is 20.3. The molecule has 357 valence electrons. The summed E-state index contributed by atoms with van der Waals surface area (Å²) in [4.78, 5) is 51.3. The summed E-state index contributed by atoms with van der Waals surface area (Å²) in [6.07, 6.45) is 16.6. The van der Waals surface area contributed by atoms with E-state index in [0.717, 1.165) is 89.1 Å². The number of ketones is 2. The van der Waals surface area contributed by atoms with Crippen LogP contribution in [0.5, 0.6) is 5.75 Å². The zero-order valence-electron chi connectivity index (χ0n) is 37.1. The SMILES string of the molecule is C=CC[N+]1=C(/C=C/c2ccc(N(CC)CC)cc2OC)C(C)(CC)c2cc(Br)ccc21.O=C1C=CC(=NN=c2[n-]cc([N+](=O)[O-])s2)C(O)=C1.O=C1C=CC(=NN=c2[n-]cc([N+](=O)[O-])s2)C(O)=C1.[Co]. The van der Waals surface area contributed by atoms with Gasteiger partial charge in [-0.1, -0.05) is 52.1 Å². The molecule has 1 radical (unpaired) electrons. The first kappa shape index (κ1) is 53.7. The number of carbonyl (C=O) groups is 2. The number of aliphatic hydroxyl groups is 2. The van der Waals surface area contributed by atoms with E-state index in [0.29, 0.717) is 0 Å². The molecule has 0 spiro atoms. The van der Waals surface area contributed by atoms with Crippen molar-refractivity contribution in [3.63, 3.8) is 0 Å². The predicted molar refractivity (Wildman–Crippen MR) is 262 cm³/mol. The van der Waals surface area contributed by atoms with Crippen LogP contribution in [-0.4, -0.2) is 80.1 Å². The fourth-order valence-corrected chi connectivity index (χ4v) is 8.13. The number of halogens is 1. The number of rotatable bonds is 13. The molecule has 0 saturated carbocycles. The fraction of sp³-hybridized carbons (Fsp3) is 0.222. The molecular weight excluding hydrogens is 1030 g/mol. The average Bonchev–Trinajstić information content (AvgIpc) is 4.05. The monoisotopic (exact) mass is 1070 g/mol. The van der Waals surface area contributed by atoms with E-state index in [1.807, 2.05) is 6.08 Å². The Morgan fingerprint density at radius 1 is 0.853 bits per heavy atom. The number of carbonyl (C=O) groups excluding carboxylic acids is 2. The van der Waals surface area contributed by atoms with Gasteiger partial charge in [0.15, 0.2) is 23.8 Å². The van der Waals surface area contributed by atoms with Gasteiger partial charge in [-0.15, -0.1) is 0 Å². The van der Waals surface area contributed by atoms with Crippen LogP contribution in [0.2, 0.25) is 0 Å². The molecule has 1 atom stereocenters. The van der Waals surface area contributed by atoms with Crippen molar-refractivity contribution in [2.75, 3.05) is 31.6 Å². The maximum absolute atomic E-state index is 10.9. The number of aliphatic hydroxyl groups excluding tert-OH is 2. The van der Waals surface area contributed by atoms with Crippen molar-refractivity contribution in [1.82, 2.24) is 9.97 Å². The molecule has 0 bridgehead atoms. The van der Waals surface area contributed by atoms with Gasteiger partial charge in [-0.3, -0.25) is 40.0 Å². The topological polar surface area (TPSA) is 254 Å². The molecule has 23 heteroatoms. The Hall–Kier alpha value is -6.92. The molecule has 4 aromatic rings. The summed E-state index contributed by atoms with van der Waals surface area (Å²) in [5.74, 6) is -0.421. The molecule has 3 heterocycles. The van der Waals surface area contributed by atoms with Crippen molar-refractivity contribution in [2.24, 2.45) is 20.4 Å². The van der Waals surface area contributed by atoms with Gasteiger partial charge in [-0.05, 0) is 87.9 Å². The van der Waals surface area contributed by atoms with Gasteiger partial charge in [-0.2, -0.15) is 4.58 Å². The number of anilines is 1. The van der Waals surface area contributed by atoms with Crippen LogP contribution in [0.3, 0.4) is 0 Å². The Balaban J connectivity index is 0.000000235. The molecule has 19 nitrogen and oxygen atoms in total. The second kappa shape index (κ2) is 24.7. The van der Waals surface area contributed by atoms with Crippen LogP contribution in [0.4, 0.5) is 21.4 Å². The molecule has 2 aromatic carbocycles. The summed E-state index contributed by atoms with van der Waals surface area (Å²) < 4.78 is 9.24. The number of hydrogen-bond donors (Lipinski definition) is 2. The molecule has 7 rings (SSSR count). The van der Waals surface area contributed by atoms with Crippen LogP contribution in [0.1, 0.15) is 45.2 Å². The standard InChI is InChI=1S/C27H34BrN2O.2C9H6N4O4S.Co/c1-7-17-30-24-15-13-21(28)18-23(24)27(5,8-2)26(30)16-12-20-11-14-22(19-25(20)31-6)29(9-3)10-4;2*14-5-1-2-6(7(15)3-5)11-12-9-10-4-8(18-9)13(16)17;/h7,11-16,18-19H,1,8-10,17H2,2-6H3;2*1-4H,(H2,10,12,14,15);/q+1;;;/p-2. The maximum Gasteiger partial charge on any atom is 0.319 e. The smallest absolute Gasteiger partial charge is 0.319 e. The Bertz CT molecular complexity index is 2870. The molecule has 68 heavy (non-hydrogen) atoms. The van der Waals surface area contributed by atoms with Gasteiger partial charge in [0.1, 0.15) is 28.7 Å². The Morgan fingerprint density at radius 2 is 1.40 bits per heavy atom. The number of benzene rings is 2. The summed E-state index contributed by atoms with van der Waals surface area (Å²) in [7, 11) is 1.74. The quantitative estimate of drug-likeness (QED) is 0.0427. The van der Waals surface area contributed by atoms with Gasteiger partial charge < -0.3 is 40.0 Å². The van der Waals surface area contributed by atoms with Gasteiger partial charge in [0.05, 0.1) is 22.4 Å². The molecule has 2 N–H and O–H groups in total. The number of nitrogens with zero attached hydrogens (tertiary/aromatic N) is 10. The van der Waals surface area contributed by atoms with Crippen LogP contribution in [0.15, 0.2) is 140 Å². The van der Waals surface area contributed by atoms with E-state index < -0.39 is 9.85 Å². The van der Waals surface area contributed by atoms with Crippen molar-refractivity contribution in [3.05, 3.63) is 161 Å². The van der Waals surface area contributed by atoms with Gasteiger partial charge in [0, 0.05) is 104 Å². The molecule has 0 amide bonds. The normalized spacial score (nSPS) is 17.8. The van der Waals surface area contributed by atoms with Crippen LogP contribution in [0, 0.1) is 20.2 Å². The van der Waals surface area contributed by atoms with Crippen LogP contribution >= 0.6 is 38.6 Å². The van der Waals surface area contributed by atoms with E-state index in [2.05, 4.69) is 139 Å². The first-order chi connectivity index (χ1) is 32.0. The largest absolute Gasteiger partial charge is 0.506 e. The number of allylic oxidation sites excluding steroid dienone is 7. The minimum Gasteiger partial charge on any atom is -0.506 e. The van der Waals surface area contributed by atoms with Crippen molar-refractivity contribution in [1.29, 1.82) is 0 Å². The third kappa shape index (κ3) is 13.4. The summed E-state index contributed by atoms with van der Waals surface area (Å²) in [5.41, 5.74) is 6.30. The number of ether oxygens (including phenoxy) is 1. The van der Waals surface area contributed by atoms with Gasteiger partial charge in [0.2, 0.25) is 5.69 Å². The minimum atomic E-state index is -0.583. The van der Waals surface area contributed by atoms with E-state index >= 15 is 0 Å². The molecule has 0 fully saturated rings. The molecule has 1 unspecified atom stereocenters.